The number of hydrogen-bond acceptors (Lipinski definition) is 5. The SMILES string of the molecule is CC[C@H]1[C@@H](O)[C@@H]2[C@H](CC[C@]3(C)[C@@H](CCCNC(=O)NS(=O)(=O)N4CCCCC4)CC[C@@H]23)[C@@]2(C)CC[C@@H](O)C[C@@H]12. The molecule has 1 heterocycles. The van der Waals surface area contributed by atoms with E-state index in [-0.39, 0.29) is 29.0 Å². The third-order valence-electron chi connectivity index (χ3n) is 12.5. The van der Waals surface area contributed by atoms with Crippen molar-refractivity contribution in [1.82, 2.24) is 14.3 Å². The minimum Gasteiger partial charge on any atom is -0.393 e. The minimum absolute atomic E-state index is 0.206. The van der Waals surface area contributed by atoms with Crippen LogP contribution in [-0.2, 0) is 10.2 Å². The third kappa shape index (κ3) is 5.39. The fourth-order valence-corrected chi connectivity index (χ4v) is 11.6. The lowest BCUT2D eigenvalue weighted by molar-refractivity contribution is -0.202. The van der Waals surface area contributed by atoms with Gasteiger partial charge in [-0.15, -0.1) is 0 Å². The van der Waals surface area contributed by atoms with E-state index in [4.69, 9.17) is 0 Å². The van der Waals surface area contributed by atoms with E-state index in [1.165, 1.54) is 30.0 Å². The maximum absolute atomic E-state index is 12.5. The predicted molar refractivity (Wildman–Crippen MR) is 152 cm³/mol. The van der Waals surface area contributed by atoms with E-state index in [0.717, 1.165) is 57.8 Å². The van der Waals surface area contributed by atoms with Gasteiger partial charge < -0.3 is 15.5 Å². The molecular formula is C30H53N3O5S. The number of aliphatic hydroxyl groups excluding tert-OH is 2. The lowest BCUT2D eigenvalue weighted by Crippen LogP contribution is -2.62. The summed E-state index contributed by atoms with van der Waals surface area (Å²) in [7, 11) is -3.77. The highest BCUT2D eigenvalue weighted by Crippen LogP contribution is 2.69. The molecule has 4 N–H and O–H groups in total. The van der Waals surface area contributed by atoms with Crippen LogP contribution < -0.4 is 10.0 Å². The van der Waals surface area contributed by atoms with Crippen molar-refractivity contribution in [3.05, 3.63) is 0 Å². The van der Waals surface area contributed by atoms with E-state index in [2.05, 4.69) is 30.8 Å². The summed E-state index contributed by atoms with van der Waals surface area (Å²) in [5.41, 5.74) is 0.423. The molecular weight excluding hydrogens is 514 g/mol. The first kappa shape index (κ1) is 29.6. The first-order valence-electron chi connectivity index (χ1n) is 15.9. The van der Waals surface area contributed by atoms with Crippen molar-refractivity contribution < 1.29 is 23.4 Å². The molecule has 0 radical (unpaired) electrons. The molecule has 5 rings (SSSR count). The summed E-state index contributed by atoms with van der Waals surface area (Å²) >= 11 is 0. The van der Waals surface area contributed by atoms with Crippen LogP contribution in [0.3, 0.4) is 0 Å². The Morgan fingerprint density at radius 3 is 2.36 bits per heavy atom. The Hall–Kier alpha value is -0.900. The normalized spacial score (nSPS) is 44.6. The number of urea groups is 1. The molecule has 2 amide bonds. The Morgan fingerprint density at radius 1 is 0.949 bits per heavy atom. The summed E-state index contributed by atoms with van der Waals surface area (Å²) in [5, 5.41) is 25.1. The predicted octanol–water partition coefficient (Wildman–Crippen LogP) is 4.42. The number of hydrogen-bond donors (Lipinski definition) is 4. The van der Waals surface area contributed by atoms with Crippen molar-refractivity contribution in [3.8, 4) is 0 Å². The van der Waals surface area contributed by atoms with Gasteiger partial charge in [0.05, 0.1) is 12.2 Å². The summed E-state index contributed by atoms with van der Waals surface area (Å²) < 4.78 is 28.5. The van der Waals surface area contributed by atoms with E-state index in [1.54, 1.807) is 0 Å². The molecule has 0 aromatic heterocycles. The average Bonchev–Trinajstić information content (AvgIpc) is 3.24. The number of fused-ring (bicyclic) bond motifs is 5. The van der Waals surface area contributed by atoms with Gasteiger partial charge in [0.15, 0.2) is 0 Å². The number of piperidine rings is 1. The van der Waals surface area contributed by atoms with Crippen LogP contribution in [-0.4, -0.2) is 60.8 Å². The summed E-state index contributed by atoms with van der Waals surface area (Å²) in [4.78, 5) is 12.3. The van der Waals surface area contributed by atoms with Gasteiger partial charge in [0.1, 0.15) is 0 Å². The summed E-state index contributed by atoms with van der Waals surface area (Å²) in [5.74, 6) is 2.67. The van der Waals surface area contributed by atoms with Crippen LogP contribution in [0.15, 0.2) is 0 Å². The minimum atomic E-state index is -3.77. The molecule has 1 aliphatic heterocycles. The second-order valence-electron chi connectivity index (χ2n) is 14.2. The highest BCUT2D eigenvalue weighted by Gasteiger charge is 2.64. The molecule has 39 heavy (non-hydrogen) atoms. The van der Waals surface area contributed by atoms with E-state index >= 15 is 0 Å². The molecule has 5 fully saturated rings. The lowest BCUT2D eigenvalue weighted by atomic mass is 9.41. The van der Waals surface area contributed by atoms with Gasteiger partial charge in [-0.05, 0) is 117 Å². The number of nitrogens with one attached hydrogen (secondary N) is 2. The van der Waals surface area contributed by atoms with Crippen LogP contribution >= 0.6 is 0 Å². The molecule has 0 bridgehead atoms. The maximum atomic E-state index is 12.5. The second-order valence-corrected chi connectivity index (χ2v) is 15.8. The van der Waals surface area contributed by atoms with Gasteiger partial charge in [-0.3, -0.25) is 0 Å². The zero-order chi connectivity index (χ0) is 28.0. The van der Waals surface area contributed by atoms with E-state index < -0.39 is 16.2 Å². The molecule has 0 aromatic carbocycles. The Bertz CT molecular complexity index is 987. The van der Waals surface area contributed by atoms with E-state index in [9.17, 15) is 23.4 Å². The van der Waals surface area contributed by atoms with Crippen molar-refractivity contribution in [1.29, 1.82) is 0 Å². The van der Waals surface area contributed by atoms with Crippen LogP contribution in [0.1, 0.15) is 104 Å². The van der Waals surface area contributed by atoms with Crippen LogP contribution in [0.2, 0.25) is 0 Å². The van der Waals surface area contributed by atoms with Crippen LogP contribution in [0.25, 0.3) is 0 Å². The second kappa shape index (κ2) is 11.4. The number of nitrogens with zero attached hydrogens (tertiary/aromatic N) is 1. The first-order valence-corrected chi connectivity index (χ1v) is 17.4. The summed E-state index contributed by atoms with van der Waals surface area (Å²) in [6.07, 6.45) is 12.6. The van der Waals surface area contributed by atoms with Gasteiger partial charge in [0.25, 0.3) is 0 Å². The first-order chi connectivity index (χ1) is 18.5. The largest absolute Gasteiger partial charge is 0.393 e. The Labute approximate surface area is 236 Å². The van der Waals surface area contributed by atoms with Crippen molar-refractivity contribution in [3.63, 3.8) is 0 Å². The van der Waals surface area contributed by atoms with E-state index in [0.29, 0.717) is 49.2 Å². The average molecular weight is 568 g/mol. The van der Waals surface area contributed by atoms with E-state index in [1.807, 2.05) is 0 Å². The molecule has 5 aliphatic rings. The Kier molecular flexibility index (Phi) is 8.66. The number of rotatable bonds is 7. The van der Waals surface area contributed by atoms with Crippen molar-refractivity contribution >= 4 is 16.2 Å². The molecule has 0 spiro atoms. The standard InChI is InChI=1S/C30H53N3O5S/c1-4-22-25-19-21(34)12-14-30(25,3)24-13-15-29(2)20(10-11-23(29)26(24)27(22)35)9-8-16-31-28(36)32-39(37,38)33-17-6-5-7-18-33/h20-27,34-35H,4-19H2,1-3H3,(H2,31,32,36)/t20-,21+,22+,23-,24-,25-,26-,27+,29+,30+/m0/s1. The van der Waals surface area contributed by atoms with Gasteiger partial charge in [0.2, 0.25) is 0 Å². The highest BCUT2D eigenvalue weighted by molar-refractivity contribution is 7.87. The highest BCUT2D eigenvalue weighted by atomic mass is 32.2. The number of carbonyl (C=O) groups is 1. The van der Waals surface area contributed by atoms with Gasteiger partial charge in [-0.1, -0.05) is 33.6 Å². The fourth-order valence-electron chi connectivity index (χ4n) is 10.4. The van der Waals surface area contributed by atoms with Gasteiger partial charge in [0, 0.05) is 19.6 Å². The van der Waals surface area contributed by atoms with Crippen LogP contribution in [0.5, 0.6) is 0 Å². The quantitative estimate of drug-likeness (QED) is 0.340. The smallest absolute Gasteiger partial charge is 0.329 e. The Balaban J connectivity index is 1.17. The monoisotopic (exact) mass is 567 g/mol. The molecule has 4 saturated carbocycles. The molecule has 0 aromatic rings. The lowest BCUT2D eigenvalue weighted by Gasteiger charge is -2.64. The van der Waals surface area contributed by atoms with Gasteiger partial charge in [-0.25, -0.2) is 9.52 Å². The van der Waals surface area contributed by atoms with Crippen LogP contribution in [0, 0.1) is 46.3 Å². The molecule has 9 heteroatoms. The van der Waals surface area contributed by atoms with Crippen LogP contribution in [0.4, 0.5) is 4.79 Å². The van der Waals surface area contributed by atoms with Gasteiger partial charge >= 0.3 is 16.2 Å². The summed E-state index contributed by atoms with van der Waals surface area (Å²) in [6.45, 7) is 8.57. The number of carbonyl (C=O) groups excluding carboxylic acids is 1. The molecule has 1 saturated heterocycles. The fraction of sp³-hybridized carbons (Fsp3) is 0.967. The van der Waals surface area contributed by atoms with Crippen molar-refractivity contribution in [2.24, 2.45) is 46.3 Å². The Morgan fingerprint density at radius 2 is 1.64 bits per heavy atom. The summed E-state index contributed by atoms with van der Waals surface area (Å²) in [6, 6.07) is -0.632. The molecule has 4 aliphatic carbocycles. The number of aliphatic hydroxyl groups is 2. The molecule has 224 valence electrons. The zero-order valence-electron chi connectivity index (χ0n) is 24.4. The zero-order valence-corrected chi connectivity index (χ0v) is 25.2. The molecule has 0 unspecified atom stereocenters. The van der Waals surface area contributed by atoms with Gasteiger partial charge in [-0.2, -0.15) is 12.7 Å². The third-order valence-corrected chi connectivity index (χ3v) is 14.0. The topological polar surface area (TPSA) is 119 Å². The maximum Gasteiger partial charge on any atom is 0.329 e. The molecule has 10 atom stereocenters. The van der Waals surface area contributed by atoms with Crippen molar-refractivity contribution in [2.45, 2.75) is 116 Å². The number of amides is 2. The molecule has 8 nitrogen and oxygen atoms in total. The van der Waals surface area contributed by atoms with Crippen molar-refractivity contribution in [2.75, 3.05) is 19.6 Å².